The fourth-order valence-electron chi connectivity index (χ4n) is 0.519. The molecule has 2 nitrogen and oxygen atoms in total. The van der Waals surface area contributed by atoms with Gasteiger partial charge in [-0.05, 0) is 81.6 Å². The SMILES string of the molecule is CC(C)OC(=S)SSSSSC(=S)OC(C)C. The molecule has 0 unspecified atom stereocenters. The third-order valence-electron chi connectivity index (χ3n) is 0.924. The summed E-state index contributed by atoms with van der Waals surface area (Å²) in [7, 11) is 7.59. The van der Waals surface area contributed by atoms with E-state index < -0.39 is 0 Å². The maximum atomic E-state index is 5.32. The highest BCUT2D eigenvalue weighted by molar-refractivity contribution is 9.37. The van der Waals surface area contributed by atoms with Crippen LogP contribution in [0.3, 0.4) is 0 Å². The summed E-state index contributed by atoms with van der Waals surface area (Å²) >= 11 is 10.1. The zero-order chi connectivity index (χ0) is 13.3. The summed E-state index contributed by atoms with van der Waals surface area (Å²) in [5.41, 5.74) is 0. The topological polar surface area (TPSA) is 18.5 Å². The molecule has 0 saturated carbocycles. The van der Waals surface area contributed by atoms with Gasteiger partial charge in [-0.2, -0.15) is 0 Å². The van der Waals surface area contributed by atoms with E-state index in [1.807, 2.05) is 27.7 Å². The zero-order valence-electron chi connectivity index (χ0n) is 9.83. The molecule has 100 valence electrons. The Balaban J connectivity index is 3.40. The van der Waals surface area contributed by atoms with Gasteiger partial charge < -0.3 is 9.47 Å². The number of hydrogen-bond donors (Lipinski definition) is 0. The summed E-state index contributed by atoms with van der Waals surface area (Å²) in [6, 6.07) is 0. The summed E-state index contributed by atoms with van der Waals surface area (Å²) < 4.78 is 11.8. The van der Waals surface area contributed by atoms with E-state index >= 15 is 0 Å². The largest absolute Gasteiger partial charge is 0.475 e. The molecular weight excluding hydrogens is 353 g/mol. The van der Waals surface area contributed by atoms with Gasteiger partial charge >= 0.3 is 0 Å². The monoisotopic (exact) mass is 366 g/mol. The smallest absolute Gasteiger partial charge is 0.231 e. The van der Waals surface area contributed by atoms with Gasteiger partial charge in [0.25, 0.3) is 0 Å². The molecule has 0 aromatic carbocycles. The molecule has 0 aromatic rings. The van der Waals surface area contributed by atoms with Crippen molar-refractivity contribution in [1.29, 1.82) is 0 Å². The maximum Gasteiger partial charge on any atom is 0.231 e. The highest BCUT2D eigenvalue weighted by Crippen LogP contribution is 2.49. The summed E-state index contributed by atoms with van der Waals surface area (Å²) in [5.74, 6) is 0. The Kier molecular flexibility index (Phi) is 12.4. The first-order valence-corrected chi connectivity index (χ1v) is 11.6. The van der Waals surface area contributed by atoms with Gasteiger partial charge in [0, 0.05) is 21.6 Å². The molecule has 0 aliphatic rings. The molecular formula is C8H14O2S7. The van der Waals surface area contributed by atoms with Crippen molar-refractivity contribution in [2.45, 2.75) is 39.9 Å². The lowest BCUT2D eigenvalue weighted by Gasteiger charge is -2.09. The van der Waals surface area contributed by atoms with Crippen molar-refractivity contribution in [1.82, 2.24) is 0 Å². The first kappa shape index (κ1) is 18.5. The predicted molar refractivity (Wildman–Crippen MR) is 95.6 cm³/mol. The fraction of sp³-hybridized carbons (Fsp3) is 0.750. The Hall–Kier alpha value is 1.53. The standard InChI is InChI=1S/C8H14O2S7/c1-5(2)9-7(11)13-15-17-16-14-8(12)10-6(3)4/h5-6H,1-4H3. The second-order valence-electron chi connectivity index (χ2n) is 3.20. The molecule has 0 aliphatic heterocycles. The van der Waals surface area contributed by atoms with Gasteiger partial charge in [-0.3, -0.25) is 0 Å². The molecule has 0 amide bonds. The van der Waals surface area contributed by atoms with E-state index in [0.29, 0.717) is 8.77 Å². The second-order valence-corrected chi connectivity index (χ2v) is 11.8. The number of hydrogen-bond acceptors (Lipinski definition) is 9. The molecule has 0 fully saturated rings. The van der Waals surface area contributed by atoms with E-state index in [2.05, 4.69) is 0 Å². The van der Waals surface area contributed by atoms with Gasteiger partial charge in [0.2, 0.25) is 8.77 Å². The van der Waals surface area contributed by atoms with E-state index in [-0.39, 0.29) is 12.2 Å². The summed E-state index contributed by atoms with van der Waals surface area (Å²) in [6.07, 6.45) is 0.268. The van der Waals surface area contributed by atoms with E-state index in [1.54, 1.807) is 29.5 Å². The van der Waals surface area contributed by atoms with E-state index in [4.69, 9.17) is 33.9 Å². The minimum atomic E-state index is 0.134. The van der Waals surface area contributed by atoms with Crippen LogP contribution in [-0.4, -0.2) is 21.0 Å². The first-order valence-electron chi connectivity index (χ1n) is 4.67. The van der Waals surface area contributed by atoms with Crippen LogP contribution in [0.2, 0.25) is 0 Å². The van der Waals surface area contributed by atoms with Gasteiger partial charge in [-0.1, -0.05) is 0 Å². The minimum Gasteiger partial charge on any atom is -0.475 e. The zero-order valence-corrected chi connectivity index (χ0v) is 15.5. The van der Waals surface area contributed by atoms with E-state index in [1.165, 1.54) is 21.6 Å². The van der Waals surface area contributed by atoms with Crippen molar-refractivity contribution in [2.24, 2.45) is 0 Å². The van der Waals surface area contributed by atoms with Crippen molar-refractivity contribution in [2.75, 3.05) is 0 Å². The highest BCUT2D eigenvalue weighted by atomic mass is 33.8. The molecule has 0 bridgehead atoms. The molecule has 0 radical (unpaired) electrons. The van der Waals surface area contributed by atoms with Crippen LogP contribution in [0.4, 0.5) is 0 Å². The van der Waals surface area contributed by atoms with Crippen LogP contribution in [0.1, 0.15) is 27.7 Å². The molecule has 0 rings (SSSR count). The van der Waals surface area contributed by atoms with Crippen molar-refractivity contribution >= 4 is 84.3 Å². The Labute approximate surface area is 132 Å². The Morgan fingerprint density at radius 2 is 1.12 bits per heavy atom. The van der Waals surface area contributed by atoms with Crippen molar-refractivity contribution < 1.29 is 9.47 Å². The van der Waals surface area contributed by atoms with Crippen molar-refractivity contribution in [3.05, 3.63) is 0 Å². The Morgan fingerprint density at radius 3 is 1.41 bits per heavy atom. The maximum absolute atomic E-state index is 5.32. The number of rotatable bonds is 6. The lowest BCUT2D eigenvalue weighted by atomic mass is 10.5. The molecule has 9 heteroatoms. The van der Waals surface area contributed by atoms with E-state index in [9.17, 15) is 0 Å². The lowest BCUT2D eigenvalue weighted by Crippen LogP contribution is -2.04. The van der Waals surface area contributed by atoms with Crippen LogP contribution in [0.5, 0.6) is 0 Å². The lowest BCUT2D eigenvalue weighted by molar-refractivity contribution is 0.243. The minimum absolute atomic E-state index is 0.134. The van der Waals surface area contributed by atoms with Crippen LogP contribution >= 0.6 is 75.5 Å². The first-order chi connectivity index (χ1) is 7.91. The van der Waals surface area contributed by atoms with Gasteiger partial charge in [0.1, 0.15) is 0 Å². The summed E-state index contributed by atoms with van der Waals surface area (Å²) in [5, 5.41) is 0. The Bertz CT molecular complexity index is 220. The van der Waals surface area contributed by atoms with Crippen molar-refractivity contribution in [3.8, 4) is 0 Å². The third kappa shape index (κ3) is 13.8. The number of thiocarbonyl (C=S) groups is 2. The molecule has 17 heavy (non-hydrogen) atoms. The number of ether oxygens (including phenoxy) is 2. The fourth-order valence-corrected chi connectivity index (χ4v) is 9.51. The quantitative estimate of drug-likeness (QED) is 0.330. The van der Waals surface area contributed by atoms with E-state index in [0.717, 1.165) is 0 Å². The van der Waals surface area contributed by atoms with Crippen LogP contribution in [0.15, 0.2) is 0 Å². The molecule has 0 spiro atoms. The average molecular weight is 367 g/mol. The van der Waals surface area contributed by atoms with Gasteiger partial charge in [0.15, 0.2) is 0 Å². The predicted octanol–water partition coefficient (Wildman–Crippen LogP) is 5.73. The molecule has 0 saturated heterocycles. The van der Waals surface area contributed by atoms with Crippen LogP contribution in [0.25, 0.3) is 0 Å². The third-order valence-corrected chi connectivity index (χ3v) is 9.84. The molecule has 0 aliphatic carbocycles. The highest BCUT2D eigenvalue weighted by Gasteiger charge is 2.06. The molecule has 0 N–H and O–H groups in total. The summed E-state index contributed by atoms with van der Waals surface area (Å²) in [6.45, 7) is 7.82. The second kappa shape index (κ2) is 11.4. The van der Waals surface area contributed by atoms with Crippen LogP contribution in [-0.2, 0) is 9.47 Å². The molecule has 0 heterocycles. The average Bonchev–Trinajstić information content (AvgIpc) is 2.14. The van der Waals surface area contributed by atoms with Crippen LogP contribution < -0.4 is 0 Å². The summed E-state index contributed by atoms with van der Waals surface area (Å²) in [4.78, 5) is 0. The molecule has 0 atom stereocenters. The van der Waals surface area contributed by atoms with Gasteiger partial charge in [-0.25, -0.2) is 0 Å². The van der Waals surface area contributed by atoms with Crippen molar-refractivity contribution in [3.63, 3.8) is 0 Å². The van der Waals surface area contributed by atoms with Gasteiger partial charge in [-0.15, -0.1) is 0 Å². The van der Waals surface area contributed by atoms with Gasteiger partial charge in [0.05, 0.1) is 12.2 Å². The van der Waals surface area contributed by atoms with Crippen LogP contribution in [0, 0.1) is 0 Å². The molecule has 0 aromatic heterocycles. The normalized spacial score (nSPS) is 10.7. The Morgan fingerprint density at radius 1 is 0.765 bits per heavy atom.